The Hall–Kier alpha value is -1.62. The number of aromatic nitrogens is 1. The van der Waals surface area contributed by atoms with Crippen molar-refractivity contribution in [2.24, 2.45) is 10.8 Å². The second-order valence-corrected chi connectivity index (χ2v) is 9.69. The number of carbonyl (C=O) groups is 1. The second-order valence-electron chi connectivity index (χ2n) is 9.69. The van der Waals surface area contributed by atoms with Gasteiger partial charge in [0.05, 0.1) is 6.54 Å². The van der Waals surface area contributed by atoms with Crippen LogP contribution in [0, 0.1) is 10.8 Å². The highest BCUT2D eigenvalue weighted by Crippen LogP contribution is 2.52. The minimum Gasteiger partial charge on any atom is -0.354 e. The summed E-state index contributed by atoms with van der Waals surface area (Å²) in [6, 6.07) is 6.50. The number of piperazine rings is 1. The maximum absolute atomic E-state index is 13.0. The van der Waals surface area contributed by atoms with Crippen LogP contribution in [-0.2, 0) is 4.79 Å². The lowest BCUT2D eigenvalue weighted by molar-refractivity contribution is -0.133. The Morgan fingerprint density at radius 3 is 2.62 bits per heavy atom. The van der Waals surface area contributed by atoms with Crippen molar-refractivity contribution < 1.29 is 4.79 Å². The van der Waals surface area contributed by atoms with Gasteiger partial charge in [0.25, 0.3) is 0 Å². The van der Waals surface area contributed by atoms with Gasteiger partial charge in [0.2, 0.25) is 5.91 Å². The number of pyridine rings is 1. The molecule has 4 rings (SSSR count). The number of likely N-dealkylation sites (tertiary alicyclic amines) is 1. The van der Waals surface area contributed by atoms with Gasteiger partial charge in [-0.3, -0.25) is 9.69 Å². The lowest BCUT2D eigenvalue weighted by Gasteiger charge is -2.39. The fraction of sp³-hybridized carbons (Fsp3) is 0.714. The van der Waals surface area contributed by atoms with E-state index in [9.17, 15) is 4.79 Å². The molecule has 3 heterocycles. The molecule has 1 amide bonds. The predicted octanol–water partition coefficient (Wildman–Crippen LogP) is 2.63. The number of carbonyl (C=O) groups excluding carboxylic acids is 1. The summed E-state index contributed by atoms with van der Waals surface area (Å²) in [6.45, 7) is 12.4. The van der Waals surface area contributed by atoms with E-state index in [2.05, 4.69) is 46.5 Å². The van der Waals surface area contributed by atoms with Crippen molar-refractivity contribution in [2.45, 2.75) is 46.1 Å². The Bertz CT molecular complexity index is 653. The first-order valence-corrected chi connectivity index (χ1v) is 10.0. The van der Waals surface area contributed by atoms with Crippen molar-refractivity contribution in [3.05, 3.63) is 24.4 Å². The van der Waals surface area contributed by atoms with Crippen LogP contribution in [-0.4, -0.2) is 66.0 Å². The van der Waals surface area contributed by atoms with Crippen molar-refractivity contribution in [3.63, 3.8) is 0 Å². The summed E-state index contributed by atoms with van der Waals surface area (Å²) in [5.41, 5.74) is 0.681. The van der Waals surface area contributed by atoms with E-state index >= 15 is 0 Å². The molecule has 2 bridgehead atoms. The summed E-state index contributed by atoms with van der Waals surface area (Å²) in [7, 11) is 0. The van der Waals surface area contributed by atoms with Gasteiger partial charge in [-0.15, -0.1) is 0 Å². The third kappa shape index (κ3) is 3.59. The van der Waals surface area contributed by atoms with Crippen LogP contribution in [0.4, 0.5) is 5.82 Å². The summed E-state index contributed by atoms with van der Waals surface area (Å²) in [6.07, 6.45) is 5.43. The number of rotatable bonds is 3. The summed E-state index contributed by atoms with van der Waals surface area (Å²) < 4.78 is 0. The van der Waals surface area contributed by atoms with Crippen LogP contribution < -0.4 is 4.90 Å². The van der Waals surface area contributed by atoms with Crippen molar-refractivity contribution in [2.75, 3.05) is 44.2 Å². The van der Waals surface area contributed by atoms with Crippen LogP contribution in [0.5, 0.6) is 0 Å². The quantitative estimate of drug-likeness (QED) is 0.835. The molecule has 2 atom stereocenters. The molecule has 1 aromatic heterocycles. The molecule has 1 saturated carbocycles. The van der Waals surface area contributed by atoms with Gasteiger partial charge in [0.1, 0.15) is 5.82 Å². The molecule has 0 radical (unpaired) electrons. The van der Waals surface area contributed by atoms with Gasteiger partial charge in [-0.1, -0.05) is 26.8 Å². The second kappa shape index (κ2) is 6.52. The van der Waals surface area contributed by atoms with E-state index in [1.165, 1.54) is 12.8 Å². The maximum atomic E-state index is 13.0. The van der Waals surface area contributed by atoms with Crippen molar-refractivity contribution in [3.8, 4) is 0 Å². The van der Waals surface area contributed by atoms with Gasteiger partial charge in [0, 0.05) is 45.0 Å². The number of amides is 1. The smallest absolute Gasteiger partial charge is 0.237 e. The molecule has 1 aliphatic carbocycles. The highest BCUT2D eigenvalue weighted by atomic mass is 16.2. The van der Waals surface area contributed by atoms with Gasteiger partial charge in [-0.05, 0) is 42.2 Å². The number of hydrogen-bond acceptors (Lipinski definition) is 4. The summed E-state index contributed by atoms with van der Waals surface area (Å²) >= 11 is 0. The number of nitrogens with zero attached hydrogens (tertiary/aromatic N) is 4. The molecule has 0 N–H and O–H groups in total. The zero-order valence-electron chi connectivity index (χ0n) is 16.4. The lowest BCUT2D eigenvalue weighted by Crippen LogP contribution is -2.51. The van der Waals surface area contributed by atoms with Gasteiger partial charge in [-0.25, -0.2) is 4.98 Å². The van der Waals surface area contributed by atoms with Gasteiger partial charge in [-0.2, -0.15) is 0 Å². The minimum atomic E-state index is 0.319. The van der Waals surface area contributed by atoms with Gasteiger partial charge in [0.15, 0.2) is 0 Å². The SMILES string of the molecule is CC1(C)C[C@@H]2C[C@@](C)(CN2C(=O)CN2CCN(c3ccccn3)CC2)C1. The van der Waals surface area contributed by atoms with Crippen molar-refractivity contribution in [1.82, 2.24) is 14.8 Å². The molecule has 142 valence electrons. The molecule has 2 saturated heterocycles. The number of anilines is 1. The Balaban J connectivity index is 1.32. The van der Waals surface area contributed by atoms with Crippen LogP contribution in [0.3, 0.4) is 0 Å². The molecule has 1 aromatic rings. The first-order valence-electron chi connectivity index (χ1n) is 10.0. The minimum absolute atomic E-state index is 0.319. The highest BCUT2D eigenvalue weighted by molar-refractivity contribution is 5.79. The Morgan fingerprint density at radius 2 is 1.92 bits per heavy atom. The first-order chi connectivity index (χ1) is 12.3. The van der Waals surface area contributed by atoms with E-state index in [0.717, 1.165) is 45.0 Å². The largest absolute Gasteiger partial charge is 0.354 e. The topological polar surface area (TPSA) is 39.7 Å². The van der Waals surface area contributed by atoms with E-state index in [-0.39, 0.29) is 0 Å². The molecule has 3 fully saturated rings. The van der Waals surface area contributed by atoms with Crippen molar-refractivity contribution >= 4 is 11.7 Å². The highest BCUT2D eigenvalue weighted by Gasteiger charge is 2.50. The van der Waals surface area contributed by atoms with Crippen LogP contribution >= 0.6 is 0 Å². The lowest BCUT2D eigenvalue weighted by atomic mass is 9.65. The van der Waals surface area contributed by atoms with E-state index in [1.54, 1.807) is 0 Å². The molecule has 0 unspecified atom stereocenters. The molecular formula is C21H32N4O. The normalized spacial score (nSPS) is 31.3. The molecule has 0 aromatic carbocycles. The average molecular weight is 357 g/mol. The van der Waals surface area contributed by atoms with Crippen LogP contribution in [0.25, 0.3) is 0 Å². The number of hydrogen-bond donors (Lipinski definition) is 0. The van der Waals surface area contributed by atoms with E-state index < -0.39 is 0 Å². The number of fused-ring (bicyclic) bond motifs is 2. The van der Waals surface area contributed by atoms with E-state index in [1.807, 2.05) is 18.3 Å². The molecule has 2 aliphatic heterocycles. The zero-order chi connectivity index (χ0) is 18.4. The summed E-state index contributed by atoms with van der Waals surface area (Å²) in [4.78, 5) is 24.3. The van der Waals surface area contributed by atoms with Gasteiger partial charge >= 0.3 is 0 Å². The first kappa shape index (κ1) is 17.8. The Labute approximate surface area is 157 Å². The standard InChI is InChI=1S/C21H32N4O/c1-20(2)12-17-13-21(3,15-20)16-25(17)19(26)14-23-8-10-24(11-9-23)18-6-4-5-7-22-18/h4-7,17H,8-16H2,1-3H3/t17-,21-/m1/s1. The van der Waals surface area contributed by atoms with E-state index in [0.29, 0.717) is 29.3 Å². The molecule has 5 nitrogen and oxygen atoms in total. The van der Waals surface area contributed by atoms with Crippen LogP contribution in [0.1, 0.15) is 40.0 Å². The summed E-state index contributed by atoms with van der Waals surface area (Å²) in [5.74, 6) is 1.38. The van der Waals surface area contributed by atoms with Crippen LogP contribution in [0.2, 0.25) is 0 Å². The average Bonchev–Trinajstić information content (AvgIpc) is 2.85. The summed E-state index contributed by atoms with van der Waals surface area (Å²) in [5, 5.41) is 0. The third-order valence-corrected chi connectivity index (χ3v) is 6.44. The monoisotopic (exact) mass is 356 g/mol. The van der Waals surface area contributed by atoms with Gasteiger partial charge < -0.3 is 9.80 Å². The van der Waals surface area contributed by atoms with E-state index in [4.69, 9.17) is 0 Å². The third-order valence-electron chi connectivity index (χ3n) is 6.44. The molecule has 26 heavy (non-hydrogen) atoms. The van der Waals surface area contributed by atoms with Crippen molar-refractivity contribution in [1.29, 1.82) is 0 Å². The molecule has 0 spiro atoms. The Kier molecular flexibility index (Phi) is 4.46. The molecule has 3 aliphatic rings. The Morgan fingerprint density at radius 1 is 1.15 bits per heavy atom. The van der Waals surface area contributed by atoms with Crippen LogP contribution in [0.15, 0.2) is 24.4 Å². The molecule has 5 heteroatoms. The molecular weight excluding hydrogens is 324 g/mol. The maximum Gasteiger partial charge on any atom is 0.237 e. The fourth-order valence-electron chi connectivity index (χ4n) is 5.71. The zero-order valence-corrected chi connectivity index (χ0v) is 16.4. The fourth-order valence-corrected chi connectivity index (χ4v) is 5.71. The predicted molar refractivity (Wildman–Crippen MR) is 104 cm³/mol.